The van der Waals surface area contributed by atoms with Gasteiger partial charge in [0.25, 0.3) is 0 Å². The van der Waals surface area contributed by atoms with Crippen LogP contribution in [0.5, 0.6) is 0 Å². The number of ether oxygens (including phenoxy) is 1. The van der Waals surface area contributed by atoms with Gasteiger partial charge in [-0.3, -0.25) is 14.8 Å². The zero-order valence-electron chi connectivity index (χ0n) is 18.0. The highest BCUT2D eigenvalue weighted by Gasteiger charge is 2.41. The molecule has 0 aromatic rings. The lowest BCUT2D eigenvalue weighted by atomic mass is 10.0. The summed E-state index contributed by atoms with van der Waals surface area (Å²) in [6.07, 6.45) is -4.18. The molecule has 2 unspecified atom stereocenters. The van der Waals surface area contributed by atoms with Crippen LogP contribution in [0, 0.1) is 5.92 Å². The second-order valence-electron chi connectivity index (χ2n) is 7.89. The van der Waals surface area contributed by atoms with Gasteiger partial charge < -0.3 is 15.0 Å². The smallest absolute Gasteiger partial charge is 0.379 e. The summed E-state index contributed by atoms with van der Waals surface area (Å²) >= 11 is 0. The maximum atomic E-state index is 13.0. The molecule has 2 atom stereocenters. The van der Waals surface area contributed by atoms with Gasteiger partial charge in [0.2, 0.25) is 0 Å². The van der Waals surface area contributed by atoms with Gasteiger partial charge in [0, 0.05) is 51.9 Å². The molecule has 0 saturated carbocycles. The first-order chi connectivity index (χ1) is 13.2. The number of guanidine groups is 1. The third kappa shape index (κ3) is 8.02. The third-order valence-electron chi connectivity index (χ3n) is 5.68. The molecule has 0 aromatic heterocycles. The van der Waals surface area contributed by atoms with Gasteiger partial charge in [0.05, 0.1) is 19.8 Å². The Bertz CT molecular complexity index is 493. The van der Waals surface area contributed by atoms with E-state index >= 15 is 0 Å². The van der Waals surface area contributed by atoms with Crippen LogP contribution in [-0.4, -0.2) is 104 Å². The molecule has 0 spiro atoms. The number of nitrogens with zero attached hydrogens (tertiary/aromatic N) is 4. The Morgan fingerprint density at radius 1 is 1.00 bits per heavy atom. The lowest BCUT2D eigenvalue weighted by Gasteiger charge is -2.40. The predicted molar refractivity (Wildman–Crippen MR) is 121 cm³/mol. The molecule has 6 nitrogen and oxygen atoms in total. The third-order valence-corrected chi connectivity index (χ3v) is 5.68. The first-order valence-electron chi connectivity index (χ1n) is 10.4. The molecule has 2 aliphatic rings. The Kier molecular flexibility index (Phi) is 11.5. The van der Waals surface area contributed by atoms with E-state index in [0.717, 1.165) is 38.8 Å². The largest absolute Gasteiger partial charge is 0.403 e. The number of piperazine rings is 1. The van der Waals surface area contributed by atoms with Crippen LogP contribution >= 0.6 is 24.0 Å². The van der Waals surface area contributed by atoms with E-state index < -0.39 is 12.2 Å². The minimum Gasteiger partial charge on any atom is -0.379 e. The average molecular weight is 535 g/mol. The van der Waals surface area contributed by atoms with Crippen molar-refractivity contribution in [1.82, 2.24) is 20.0 Å². The van der Waals surface area contributed by atoms with E-state index in [-0.39, 0.29) is 24.0 Å². The average Bonchev–Trinajstić information content (AvgIpc) is 2.67. The van der Waals surface area contributed by atoms with Crippen molar-refractivity contribution in [3.63, 3.8) is 0 Å². The minimum atomic E-state index is -4.18. The van der Waals surface area contributed by atoms with Gasteiger partial charge in [-0.05, 0) is 19.8 Å². The predicted octanol–water partition coefficient (Wildman–Crippen LogP) is 2.50. The summed E-state index contributed by atoms with van der Waals surface area (Å²) in [4.78, 5) is 10.9. The molecule has 2 saturated heterocycles. The molecule has 0 aliphatic carbocycles. The van der Waals surface area contributed by atoms with E-state index in [1.807, 2.05) is 6.92 Å². The SMILES string of the molecule is CCNC(=NCC(C(C)C)N1CCOCC1)N1CCN(C(C)C(F)(F)F)CC1.I. The summed E-state index contributed by atoms with van der Waals surface area (Å²) in [5, 5.41) is 3.32. The van der Waals surface area contributed by atoms with Crippen LogP contribution in [0.4, 0.5) is 13.2 Å². The van der Waals surface area contributed by atoms with E-state index in [1.165, 1.54) is 11.8 Å². The summed E-state index contributed by atoms with van der Waals surface area (Å²) in [6, 6.07) is -1.06. The van der Waals surface area contributed by atoms with Crippen LogP contribution < -0.4 is 5.32 Å². The minimum absolute atomic E-state index is 0. The highest BCUT2D eigenvalue weighted by molar-refractivity contribution is 14.0. The lowest BCUT2D eigenvalue weighted by molar-refractivity contribution is -0.181. The van der Waals surface area contributed by atoms with Crippen molar-refractivity contribution in [2.45, 2.75) is 46.0 Å². The first kappa shape index (κ1) is 26.7. The van der Waals surface area contributed by atoms with E-state index in [4.69, 9.17) is 9.73 Å². The molecular formula is C19H37F3IN5O. The number of alkyl halides is 3. The van der Waals surface area contributed by atoms with Crippen molar-refractivity contribution < 1.29 is 17.9 Å². The fourth-order valence-corrected chi connectivity index (χ4v) is 3.79. The van der Waals surface area contributed by atoms with E-state index in [1.54, 1.807) is 0 Å². The van der Waals surface area contributed by atoms with Crippen molar-refractivity contribution in [1.29, 1.82) is 0 Å². The monoisotopic (exact) mass is 535 g/mol. The first-order valence-corrected chi connectivity index (χ1v) is 10.4. The van der Waals surface area contributed by atoms with Crippen molar-refractivity contribution in [2.75, 3.05) is 65.6 Å². The molecule has 0 aromatic carbocycles. The Morgan fingerprint density at radius 2 is 1.59 bits per heavy atom. The maximum absolute atomic E-state index is 13.0. The second kappa shape index (κ2) is 12.5. The molecule has 2 rings (SSSR count). The quantitative estimate of drug-likeness (QED) is 0.322. The molecule has 2 heterocycles. The van der Waals surface area contributed by atoms with Crippen molar-refractivity contribution in [3.05, 3.63) is 0 Å². The van der Waals surface area contributed by atoms with Gasteiger partial charge in [-0.15, -0.1) is 24.0 Å². The van der Waals surface area contributed by atoms with Crippen LogP contribution in [-0.2, 0) is 4.74 Å². The van der Waals surface area contributed by atoms with Crippen LogP contribution in [0.1, 0.15) is 27.7 Å². The van der Waals surface area contributed by atoms with Crippen LogP contribution in [0.2, 0.25) is 0 Å². The van der Waals surface area contributed by atoms with Crippen LogP contribution in [0.15, 0.2) is 4.99 Å². The topological polar surface area (TPSA) is 43.3 Å². The maximum Gasteiger partial charge on any atom is 0.403 e. The number of halogens is 4. The number of hydrogen-bond acceptors (Lipinski definition) is 4. The lowest BCUT2D eigenvalue weighted by Crippen LogP contribution is -2.57. The fourth-order valence-electron chi connectivity index (χ4n) is 3.79. The molecule has 1 N–H and O–H groups in total. The summed E-state index contributed by atoms with van der Waals surface area (Å²) < 4.78 is 44.4. The molecule has 2 fully saturated rings. The normalized spacial score (nSPS) is 22.3. The number of hydrogen-bond donors (Lipinski definition) is 1. The second-order valence-corrected chi connectivity index (χ2v) is 7.89. The van der Waals surface area contributed by atoms with E-state index in [9.17, 15) is 13.2 Å². The highest BCUT2D eigenvalue weighted by Crippen LogP contribution is 2.25. The number of rotatable bonds is 6. The Labute approximate surface area is 190 Å². The van der Waals surface area contributed by atoms with E-state index in [2.05, 4.69) is 29.0 Å². The Balaban J connectivity index is 0.00000420. The summed E-state index contributed by atoms with van der Waals surface area (Å²) in [7, 11) is 0. The molecule has 10 heteroatoms. The standard InChI is InChI=1S/C19H36F3N5O.HI/c1-5-23-18(24-14-17(15(2)3)26-10-12-28-13-11-26)27-8-6-25(7-9-27)16(4)19(20,21)22;/h15-17H,5-14H2,1-4H3,(H,23,24);1H. The fraction of sp³-hybridized carbons (Fsp3) is 0.947. The summed E-state index contributed by atoms with van der Waals surface area (Å²) in [5.41, 5.74) is 0. The molecule has 0 bridgehead atoms. The molecule has 172 valence electrons. The Morgan fingerprint density at radius 3 is 2.07 bits per heavy atom. The Hall–Kier alpha value is -0.330. The summed E-state index contributed by atoms with van der Waals surface area (Å²) in [5.74, 6) is 1.27. The zero-order chi connectivity index (χ0) is 20.7. The van der Waals surface area contributed by atoms with E-state index in [0.29, 0.717) is 44.7 Å². The van der Waals surface area contributed by atoms with Gasteiger partial charge in [0.15, 0.2) is 5.96 Å². The number of morpholine rings is 1. The molecular weight excluding hydrogens is 498 g/mol. The number of nitrogens with one attached hydrogen (secondary N) is 1. The van der Waals surface area contributed by atoms with Crippen molar-refractivity contribution in [2.24, 2.45) is 10.9 Å². The number of aliphatic imine (C=N–C) groups is 1. The van der Waals surface area contributed by atoms with Gasteiger partial charge >= 0.3 is 6.18 Å². The highest BCUT2D eigenvalue weighted by atomic mass is 127. The molecule has 0 radical (unpaired) electrons. The van der Waals surface area contributed by atoms with Gasteiger partial charge in [-0.25, -0.2) is 0 Å². The summed E-state index contributed by atoms with van der Waals surface area (Å²) in [6.45, 7) is 14.3. The van der Waals surface area contributed by atoms with Crippen LogP contribution in [0.3, 0.4) is 0 Å². The van der Waals surface area contributed by atoms with Gasteiger partial charge in [0.1, 0.15) is 6.04 Å². The van der Waals surface area contributed by atoms with Gasteiger partial charge in [-0.2, -0.15) is 13.2 Å². The molecule has 2 aliphatic heterocycles. The zero-order valence-corrected chi connectivity index (χ0v) is 20.4. The molecule has 0 amide bonds. The molecule has 29 heavy (non-hydrogen) atoms. The van der Waals surface area contributed by atoms with Crippen LogP contribution in [0.25, 0.3) is 0 Å². The van der Waals surface area contributed by atoms with Crippen molar-refractivity contribution >= 4 is 29.9 Å². The van der Waals surface area contributed by atoms with Crippen molar-refractivity contribution in [3.8, 4) is 0 Å². The van der Waals surface area contributed by atoms with Gasteiger partial charge in [-0.1, -0.05) is 13.8 Å².